The molecular weight excluding hydrogens is 322 g/mol. The van der Waals surface area contributed by atoms with Gasteiger partial charge in [-0.25, -0.2) is 0 Å². The van der Waals surface area contributed by atoms with Gasteiger partial charge in [-0.2, -0.15) is 5.10 Å². The summed E-state index contributed by atoms with van der Waals surface area (Å²) >= 11 is 0. The molecule has 2 aromatic carbocycles. The van der Waals surface area contributed by atoms with E-state index in [0.717, 1.165) is 18.8 Å². The summed E-state index contributed by atoms with van der Waals surface area (Å²) < 4.78 is 7.54. The summed E-state index contributed by atoms with van der Waals surface area (Å²) in [6.07, 6.45) is 5.74. The molecule has 1 aliphatic rings. The summed E-state index contributed by atoms with van der Waals surface area (Å²) in [5.41, 5.74) is 3.77. The van der Waals surface area contributed by atoms with E-state index in [1.807, 2.05) is 18.3 Å². The minimum Gasteiger partial charge on any atom is -0.497 e. The number of methoxy groups -OCH3 is 1. The van der Waals surface area contributed by atoms with Crippen molar-refractivity contribution in [2.24, 2.45) is 0 Å². The van der Waals surface area contributed by atoms with Crippen LogP contribution in [0.4, 0.5) is 5.69 Å². The van der Waals surface area contributed by atoms with Gasteiger partial charge in [0.2, 0.25) is 0 Å². The standard InChI is InChI=1S/C22H25N3O/c1-26-22-12-10-19(11-13-22)24(16-18-6-3-2-4-7-18)17-21-14-15-23-25(21)20-8-5-9-20/h2-4,6-7,10-15,20H,5,8-9,16-17H2,1H3. The van der Waals surface area contributed by atoms with Crippen molar-refractivity contribution >= 4 is 5.69 Å². The molecule has 0 N–H and O–H groups in total. The van der Waals surface area contributed by atoms with E-state index in [4.69, 9.17) is 4.74 Å². The second-order valence-electron chi connectivity index (χ2n) is 6.89. The molecule has 1 aliphatic carbocycles. The van der Waals surface area contributed by atoms with Crippen LogP contribution < -0.4 is 9.64 Å². The first-order valence-electron chi connectivity index (χ1n) is 9.29. The number of benzene rings is 2. The van der Waals surface area contributed by atoms with Crippen molar-refractivity contribution in [2.75, 3.05) is 12.0 Å². The molecule has 0 saturated heterocycles. The Morgan fingerprint density at radius 1 is 1.00 bits per heavy atom. The molecule has 134 valence electrons. The van der Waals surface area contributed by atoms with Gasteiger partial charge in [-0.3, -0.25) is 4.68 Å². The number of rotatable bonds is 7. The molecule has 1 saturated carbocycles. The Bertz CT molecular complexity index is 822. The number of nitrogens with zero attached hydrogens (tertiary/aromatic N) is 3. The number of ether oxygens (including phenoxy) is 1. The van der Waals surface area contributed by atoms with Crippen LogP contribution in [0.15, 0.2) is 66.9 Å². The van der Waals surface area contributed by atoms with Crippen LogP contribution in [0, 0.1) is 0 Å². The zero-order chi connectivity index (χ0) is 17.8. The van der Waals surface area contributed by atoms with Crippen molar-refractivity contribution < 1.29 is 4.74 Å². The fraction of sp³-hybridized carbons (Fsp3) is 0.318. The summed E-state index contributed by atoms with van der Waals surface area (Å²) in [5, 5.41) is 4.59. The number of aromatic nitrogens is 2. The predicted molar refractivity (Wildman–Crippen MR) is 104 cm³/mol. The molecule has 1 heterocycles. The zero-order valence-corrected chi connectivity index (χ0v) is 15.2. The third kappa shape index (κ3) is 3.59. The molecule has 1 fully saturated rings. The van der Waals surface area contributed by atoms with Crippen molar-refractivity contribution in [1.82, 2.24) is 9.78 Å². The molecule has 0 amide bonds. The van der Waals surface area contributed by atoms with E-state index in [1.54, 1.807) is 7.11 Å². The monoisotopic (exact) mass is 347 g/mol. The van der Waals surface area contributed by atoms with Crippen molar-refractivity contribution in [3.63, 3.8) is 0 Å². The molecule has 1 aromatic heterocycles. The Balaban J connectivity index is 1.60. The number of hydrogen-bond donors (Lipinski definition) is 0. The fourth-order valence-electron chi connectivity index (χ4n) is 3.46. The first-order chi connectivity index (χ1) is 12.8. The van der Waals surface area contributed by atoms with Crippen molar-refractivity contribution in [3.05, 3.63) is 78.1 Å². The first kappa shape index (κ1) is 16.7. The smallest absolute Gasteiger partial charge is 0.119 e. The van der Waals surface area contributed by atoms with E-state index in [2.05, 4.69) is 63.2 Å². The molecule has 0 bridgehead atoms. The lowest BCUT2D eigenvalue weighted by Crippen LogP contribution is -2.27. The van der Waals surface area contributed by atoms with Gasteiger partial charge >= 0.3 is 0 Å². The summed E-state index contributed by atoms with van der Waals surface area (Å²) in [6, 6.07) is 21.7. The summed E-state index contributed by atoms with van der Waals surface area (Å²) in [7, 11) is 1.70. The van der Waals surface area contributed by atoms with Crippen LogP contribution in [0.1, 0.15) is 36.6 Å². The van der Waals surface area contributed by atoms with Crippen LogP contribution in [0.5, 0.6) is 5.75 Å². The summed E-state index contributed by atoms with van der Waals surface area (Å²) in [6.45, 7) is 1.71. The molecule has 4 nitrogen and oxygen atoms in total. The highest BCUT2D eigenvalue weighted by molar-refractivity contribution is 5.50. The topological polar surface area (TPSA) is 30.3 Å². The van der Waals surface area contributed by atoms with Crippen LogP contribution >= 0.6 is 0 Å². The summed E-state index contributed by atoms with van der Waals surface area (Å²) in [4.78, 5) is 2.40. The van der Waals surface area contributed by atoms with Gasteiger partial charge in [0.1, 0.15) is 5.75 Å². The van der Waals surface area contributed by atoms with Crippen LogP contribution in [0.3, 0.4) is 0 Å². The maximum absolute atomic E-state index is 5.31. The van der Waals surface area contributed by atoms with Gasteiger partial charge < -0.3 is 9.64 Å². The molecule has 0 atom stereocenters. The largest absolute Gasteiger partial charge is 0.497 e. The Kier molecular flexibility index (Phi) is 4.91. The first-order valence-corrected chi connectivity index (χ1v) is 9.29. The lowest BCUT2D eigenvalue weighted by molar-refractivity contribution is 0.282. The van der Waals surface area contributed by atoms with Gasteiger partial charge in [0, 0.05) is 18.4 Å². The van der Waals surface area contributed by atoms with E-state index in [1.165, 1.54) is 36.2 Å². The SMILES string of the molecule is COc1ccc(N(Cc2ccccc2)Cc2ccnn2C2CCC2)cc1. The normalized spacial score (nSPS) is 14.0. The maximum Gasteiger partial charge on any atom is 0.119 e. The maximum atomic E-state index is 5.31. The Labute approximate surface area is 155 Å². The molecule has 4 rings (SSSR count). The van der Waals surface area contributed by atoms with Crippen LogP contribution in [0.2, 0.25) is 0 Å². The highest BCUT2D eigenvalue weighted by Crippen LogP contribution is 2.32. The molecule has 0 radical (unpaired) electrons. The molecule has 0 unspecified atom stereocenters. The number of anilines is 1. The van der Waals surface area contributed by atoms with Crippen LogP contribution in [-0.4, -0.2) is 16.9 Å². The third-order valence-electron chi connectivity index (χ3n) is 5.18. The molecular formula is C22H25N3O. The average Bonchev–Trinajstić information content (AvgIpc) is 3.08. The van der Waals surface area contributed by atoms with Gasteiger partial charge in [-0.1, -0.05) is 30.3 Å². The zero-order valence-electron chi connectivity index (χ0n) is 15.2. The molecule has 0 spiro atoms. The lowest BCUT2D eigenvalue weighted by atomic mass is 9.93. The molecule has 0 aliphatic heterocycles. The molecule has 26 heavy (non-hydrogen) atoms. The second-order valence-corrected chi connectivity index (χ2v) is 6.89. The minimum absolute atomic E-state index is 0.578. The Morgan fingerprint density at radius 2 is 1.77 bits per heavy atom. The lowest BCUT2D eigenvalue weighted by Gasteiger charge is -2.30. The third-order valence-corrected chi connectivity index (χ3v) is 5.18. The van der Waals surface area contributed by atoms with Crippen molar-refractivity contribution in [1.29, 1.82) is 0 Å². The van der Waals surface area contributed by atoms with Crippen molar-refractivity contribution in [3.8, 4) is 5.75 Å². The van der Waals surface area contributed by atoms with Gasteiger partial charge in [0.25, 0.3) is 0 Å². The van der Waals surface area contributed by atoms with E-state index < -0.39 is 0 Å². The highest BCUT2D eigenvalue weighted by atomic mass is 16.5. The van der Waals surface area contributed by atoms with Gasteiger partial charge in [0.15, 0.2) is 0 Å². The number of hydrogen-bond acceptors (Lipinski definition) is 3. The molecule has 3 aromatic rings. The Morgan fingerprint density at radius 3 is 2.42 bits per heavy atom. The second kappa shape index (κ2) is 7.65. The minimum atomic E-state index is 0.578. The predicted octanol–water partition coefficient (Wildman–Crippen LogP) is 4.82. The van der Waals surface area contributed by atoms with Gasteiger partial charge in [0.05, 0.1) is 25.4 Å². The van der Waals surface area contributed by atoms with Crippen molar-refractivity contribution in [2.45, 2.75) is 38.4 Å². The van der Waals surface area contributed by atoms with Crippen LogP contribution in [-0.2, 0) is 13.1 Å². The average molecular weight is 347 g/mol. The van der Waals surface area contributed by atoms with Gasteiger partial charge in [-0.15, -0.1) is 0 Å². The van der Waals surface area contributed by atoms with E-state index in [-0.39, 0.29) is 0 Å². The van der Waals surface area contributed by atoms with E-state index in [9.17, 15) is 0 Å². The summed E-state index contributed by atoms with van der Waals surface area (Å²) in [5.74, 6) is 0.882. The van der Waals surface area contributed by atoms with Crippen LogP contribution in [0.25, 0.3) is 0 Å². The van der Waals surface area contributed by atoms with E-state index >= 15 is 0 Å². The molecule has 4 heteroatoms. The fourth-order valence-corrected chi connectivity index (χ4v) is 3.46. The van der Waals surface area contributed by atoms with Gasteiger partial charge in [-0.05, 0) is 55.2 Å². The van der Waals surface area contributed by atoms with E-state index in [0.29, 0.717) is 6.04 Å². The quantitative estimate of drug-likeness (QED) is 0.613. The highest BCUT2D eigenvalue weighted by Gasteiger charge is 2.23. The Hall–Kier alpha value is -2.75.